The topological polar surface area (TPSA) is 130 Å². The average molecular weight is 358 g/mol. The highest BCUT2D eigenvalue weighted by atomic mass is 16.5. The van der Waals surface area contributed by atoms with Crippen LogP contribution in [0.2, 0.25) is 0 Å². The van der Waals surface area contributed by atoms with Gasteiger partial charge in [0, 0.05) is 17.5 Å². The summed E-state index contributed by atoms with van der Waals surface area (Å²) in [6.07, 6.45) is 2.36. The number of benzene rings is 1. The van der Waals surface area contributed by atoms with Crippen molar-refractivity contribution in [3.8, 4) is 11.6 Å². The molecule has 1 fully saturated rings. The second-order valence-corrected chi connectivity index (χ2v) is 6.28. The first-order chi connectivity index (χ1) is 12.5. The van der Waals surface area contributed by atoms with Gasteiger partial charge in [-0.2, -0.15) is 0 Å². The fourth-order valence-corrected chi connectivity index (χ4v) is 3.35. The summed E-state index contributed by atoms with van der Waals surface area (Å²) in [5.41, 5.74) is 11.6. The van der Waals surface area contributed by atoms with E-state index >= 15 is 0 Å². The molecule has 2 heterocycles. The Morgan fingerprint density at radius 1 is 1.38 bits per heavy atom. The van der Waals surface area contributed by atoms with Crippen LogP contribution < -0.4 is 26.3 Å². The number of nitrogens with zero attached hydrogens (tertiary/aromatic N) is 1. The average Bonchev–Trinajstić information content (AvgIpc) is 2.91. The summed E-state index contributed by atoms with van der Waals surface area (Å²) in [5.74, 6) is 0.0147. The number of aromatic nitrogens is 1. The highest BCUT2D eigenvalue weighted by Crippen LogP contribution is 2.31. The zero-order valence-electron chi connectivity index (χ0n) is 14.7. The lowest BCUT2D eigenvalue weighted by Gasteiger charge is -2.20. The highest BCUT2D eigenvalue weighted by Gasteiger charge is 2.39. The summed E-state index contributed by atoms with van der Waals surface area (Å²) < 4.78 is 11.1. The van der Waals surface area contributed by atoms with Gasteiger partial charge in [0.15, 0.2) is 0 Å². The van der Waals surface area contributed by atoms with Gasteiger partial charge in [-0.05, 0) is 30.0 Å². The van der Waals surface area contributed by atoms with E-state index in [1.165, 1.54) is 7.11 Å². The zero-order chi connectivity index (χ0) is 18.8. The predicted octanol–water partition coefficient (Wildman–Crippen LogP) is 0.573. The Morgan fingerprint density at radius 3 is 2.81 bits per heavy atom. The summed E-state index contributed by atoms with van der Waals surface area (Å²) in [5, 5.41) is 4.31. The molecule has 2 aromatic rings. The van der Waals surface area contributed by atoms with Gasteiger partial charge < -0.3 is 26.3 Å². The largest absolute Gasteiger partial charge is 0.496 e. The number of hydrogen-bond acceptors (Lipinski definition) is 6. The number of hydrogen-bond donors (Lipinski definition) is 3. The molecule has 26 heavy (non-hydrogen) atoms. The third-order valence-corrected chi connectivity index (χ3v) is 4.79. The lowest BCUT2D eigenvalue weighted by atomic mass is 9.94. The van der Waals surface area contributed by atoms with Gasteiger partial charge in [-0.1, -0.05) is 6.92 Å². The van der Waals surface area contributed by atoms with E-state index in [1.807, 2.05) is 6.92 Å². The number of carbonyl (C=O) groups is 2. The lowest BCUT2D eigenvalue weighted by molar-refractivity contribution is -0.120. The smallest absolute Gasteiger partial charge is 0.252 e. The maximum Gasteiger partial charge on any atom is 0.252 e. The van der Waals surface area contributed by atoms with E-state index in [0.29, 0.717) is 17.0 Å². The number of amides is 2. The van der Waals surface area contributed by atoms with Gasteiger partial charge in [0.2, 0.25) is 11.8 Å². The summed E-state index contributed by atoms with van der Waals surface area (Å²) in [7, 11) is 1.46. The van der Waals surface area contributed by atoms with Gasteiger partial charge in [-0.15, -0.1) is 0 Å². The molecule has 0 aliphatic carbocycles. The van der Waals surface area contributed by atoms with Crippen molar-refractivity contribution in [1.29, 1.82) is 0 Å². The SMILES string of the molecule is CC[C@@H]1[C@@H](COc2nccc3cc(C(N)=O)c(OC)cc23)NC(=O)[C@@H]1N. The number of methoxy groups -OCH3 is 1. The first-order valence-electron chi connectivity index (χ1n) is 8.41. The molecule has 1 saturated heterocycles. The van der Waals surface area contributed by atoms with Crippen LogP contribution in [-0.4, -0.2) is 42.6 Å². The van der Waals surface area contributed by atoms with Gasteiger partial charge in [0.1, 0.15) is 12.4 Å². The Morgan fingerprint density at radius 2 is 2.15 bits per heavy atom. The Labute approximate surface area is 150 Å². The molecule has 0 bridgehead atoms. The van der Waals surface area contributed by atoms with Crippen LogP contribution in [0.4, 0.5) is 0 Å². The minimum Gasteiger partial charge on any atom is -0.496 e. The molecule has 138 valence electrons. The number of pyridine rings is 1. The van der Waals surface area contributed by atoms with Crippen molar-refractivity contribution in [2.24, 2.45) is 17.4 Å². The number of ether oxygens (including phenoxy) is 2. The predicted molar refractivity (Wildman–Crippen MR) is 96.0 cm³/mol. The molecule has 8 nitrogen and oxygen atoms in total. The molecule has 0 saturated carbocycles. The minimum atomic E-state index is -0.573. The molecular formula is C18H22N4O4. The van der Waals surface area contributed by atoms with Crippen LogP contribution in [0.15, 0.2) is 24.4 Å². The van der Waals surface area contributed by atoms with E-state index in [9.17, 15) is 9.59 Å². The molecule has 1 aliphatic rings. The number of nitrogens with two attached hydrogens (primary N) is 2. The number of primary amides is 1. The normalized spacial score (nSPS) is 22.3. The second kappa shape index (κ2) is 7.17. The first kappa shape index (κ1) is 17.9. The first-order valence-corrected chi connectivity index (χ1v) is 8.41. The van der Waals surface area contributed by atoms with Gasteiger partial charge in [0.05, 0.1) is 24.8 Å². The summed E-state index contributed by atoms with van der Waals surface area (Å²) in [6.45, 7) is 2.24. The summed E-state index contributed by atoms with van der Waals surface area (Å²) in [4.78, 5) is 27.6. The minimum absolute atomic E-state index is 0.00785. The van der Waals surface area contributed by atoms with E-state index in [0.717, 1.165) is 11.8 Å². The number of fused-ring (bicyclic) bond motifs is 1. The third-order valence-electron chi connectivity index (χ3n) is 4.79. The van der Waals surface area contributed by atoms with Gasteiger partial charge in [-0.3, -0.25) is 9.59 Å². The van der Waals surface area contributed by atoms with Crippen LogP contribution >= 0.6 is 0 Å². The quantitative estimate of drug-likeness (QED) is 0.692. The standard InChI is InChI=1S/C18H22N4O4/c1-3-10-13(22-17(24)15(10)19)8-26-18-11-7-14(25-2)12(16(20)23)6-9(11)4-5-21-18/h4-7,10,13,15H,3,8,19H2,1-2H3,(H2,20,23)(H,22,24)/t10-,13-,15-/m1/s1. The number of carbonyl (C=O) groups excluding carboxylic acids is 2. The maximum absolute atomic E-state index is 11.8. The van der Waals surface area contributed by atoms with E-state index in [-0.39, 0.29) is 30.0 Å². The molecule has 3 atom stereocenters. The fraction of sp³-hybridized carbons (Fsp3) is 0.389. The van der Waals surface area contributed by atoms with Crippen LogP contribution in [0, 0.1) is 5.92 Å². The highest BCUT2D eigenvalue weighted by molar-refractivity contribution is 6.01. The van der Waals surface area contributed by atoms with Crippen molar-refractivity contribution < 1.29 is 19.1 Å². The molecule has 0 radical (unpaired) electrons. The van der Waals surface area contributed by atoms with Crippen molar-refractivity contribution in [2.45, 2.75) is 25.4 Å². The van der Waals surface area contributed by atoms with Crippen molar-refractivity contribution in [3.63, 3.8) is 0 Å². The van der Waals surface area contributed by atoms with Crippen molar-refractivity contribution in [3.05, 3.63) is 30.0 Å². The number of nitrogens with one attached hydrogen (secondary N) is 1. The molecular weight excluding hydrogens is 336 g/mol. The summed E-state index contributed by atoms with van der Waals surface area (Å²) >= 11 is 0. The van der Waals surface area contributed by atoms with Crippen LogP contribution in [0.3, 0.4) is 0 Å². The maximum atomic E-state index is 11.8. The van der Waals surface area contributed by atoms with Gasteiger partial charge in [0.25, 0.3) is 5.91 Å². The molecule has 3 rings (SSSR count). The molecule has 1 aliphatic heterocycles. The molecule has 0 unspecified atom stereocenters. The Balaban J connectivity index is 1.89. The van der Waals surface area contributed by atoms with Crippen LogP contribution in [-0.2, 0) is 4.79 Å². The lowest BCUT2D eigenvalue weighted by Crippen LogP contribution is -2.35. The van der Waals surface area contributed by atoms with E-state index < -0.39 is 11.9 Å². The van der Waals surface area contributed by atoms with Crippen LogP contribution in [0.25, 0.3) is 10.8 Å². The van der Waals surface area contributed by atoms with Gasteiger partial charge >= 0.3 is 0 Å². The molecule has 8 heteroatoms. The van der Waals surface area contributed by atoms with Crippen LogP contribution in [0.1, 0.15) is 23.7 Å². The summed E-state index contributed by atoms with van der Waals surface area (Å²) in [6, 6.07) is 4.39. The van der Waals surface area contributed by atoms with E-state index in [1.54, 1.807) is 24.4 Å². The monoisotopic (exact) mass is 358 g/mol. The zero-order valence-corrected chi connectivity index (χ0v) is 14.7. The van der Waals surface area contributed by atoms with E-state index in [2.05, 4.69) is 10.3 Å². The van der Waals surface area contributed by atoms with Crippen molar-refractivity contribution >= 4 is 22.6 Å². The number of rotatable bonds is 6. The Kier molecular flexibility index (Phi) is 4.94. The molecule has 1 aromatic carbocycles. The van der Waals surface area contributed by atoms with Crippen molar-refractivity contribution in [2.75, 3.05) is 13.7 Å². The molecule has 1 aromatic heterocycles. The molecule has 0 spiro atoms. The second-order valence-electron chi connectivity index (χ2n) is 6.28. The van der Waals surface area contributed by atoms with Crippen molar-refractivity contribution in [1.82, 2.24) is 10.3 Å². The van der Waals surface area contributed by atoms with Gasteiger partial charge in [-0.25, -0.2) is 4.98 Å². The van der Waals surface area contributed by atoms with Crippen LogP contribution in [0.5, 0.6) is 11.6 Å². The van der Waals surface area contributed by atoms with E-state index in [4.69, 9.17) is 20.9 Å². The molecule has 2 amide bonds. The Bertz CT molecular complexity index is 854. The Hall–Kier alpha value is -2.87. The third kappa shape index (κ3) is 3.15. The molecule has 5 N–H and O–H groups in total. The fourth-order valence-electron chi connectivity index (χ4n) is 3.35.